The maximum absolute atomic E-state index is 13.1. The highest BCUT2D eigenvalue weighted by Crippen LogP contribution is 2.29. The van der Waals surface area contributed by atoms with Gasteiger partial charge < -0.3 is 15.5 Å². The van der Waals surface area contributed by atoms with E-state index in [4.69, 9.17) is 0 Å². The van der Waals surface area contributed by atoms with Gasteiger partial charge in [-0.1, -0.05) is 43.9 Å². The number of aryl methyl sites for hydroxylation is 1. The number of nitrogens with zero attached hydrogens (tertiary/aromatic N) is 1. The topological polar surface area (TPSA) is 78.5 Å². The number of nitrogens with one attached hydrogen (secondary N) is 2. The lowest BCUT2D eigenvalue weighted by Gasteiger charge is -2.37. The Kier molecular flexibility index (Phi) is 7.48. The van der Waals surface area contributed by atoms with Gasteiger partial charge in [0.25, 0.3) is 5.91 Å². The van der Waals surface area contributed by atoms with Crippen molar-refractivity contribution in [2.75, 3.05) is 13.1 Å². The number of carbonyl (C=O) groups excluding carboxylic acids is 3. The van der Waals surface area contributed by atoms with E-state index in [1.54, 1.807) is 0 Å². The predicted molar refractivity (Wildman–Crippen MR) is 124 cm³/mol. The van der Waals surface area contributed by atoms with Gasteiger partial charge in [-0.2, -0.15) is 0 Å². The Morgan fingerprint density at radius 1 is 0.812 bits per heavy atom. The molecule has 2 aliphatic carbocycles. The summed E-state index contributed by atoms with van der Waals surface area (Å²) in [6.45, 7) is 3.25. The number of hydrogen-bond acceptors (Lipinski definition) is 3. The largest absolute Gasteiger partial charge is 0.351 e. The molecular formula is C26H37N3O3. The maximum Gasteiger partial charge on any atom is 0.251 e. The zero-order valence-electron chi connectivity index (χ0n) is 19.3. The van der Waals surface area contributed by atoms with E-state index in [1.165, 1.54) is 0 Å². The van der Waals surface area contributed by atoms with Gasteiger partial charge in [-0.15, -0.1) is 0 Å². The second kappa shape index (κ2) is 10.5. The molecule has 6 heteroatoms. The summed E-state index contributed by atoms with van der Waals surface area (Å²) in [4.78, 5) is 40.8. The van der Waals surface area contributed by atoms with Gasteiger partial charge in [0.2, 0.25) is 11.8 Å². The average Bonchev–Trinajstić information content (AvgIpc) is 3.35. The Hall–Kier alpha value is -2.37. The van der Waals surface area contributed by atoms with Crippen LogP contribution in [0.25, 0.3) is 0 Å². The maximum atomic E-state index is 13.1. The molecule has 0 unspecified atom stereocenters. The first-order chi connectivity index (χ1) is 15.5. The molecule has 6 nitrogen and oxygen atoms in total. The van der Waals surface area contributed by atoms with E-state index in [2.05, 4.69) is 10.6 Å². The molecule has 2 N–H and O–H groups in total. The predicted octanol–water partition coefficient (Wildman–Crippen LogP) is 3.58. The van der Waals surface area contributed by atoms with E-state index in [0.717, 1.165) is 76.3 Å². The van der Waals surface area contributed by atoms with Gasteiger partial charge in [0, 0.05) is 36.7 Å². The Bertz CT molecular complexity index is 833. The van der Waals surface area contributed by atoms with Crippen molar-refractivity contribution in [2.45, 2.75) is 83.2 Å². The normalized spacial score (nSPS) is 26.5. The van der Waals surface area contributed by atoms with Crippen LogP contribution < -0.4 is 10.6 Å². The SMILES string of the molecule is Cc1ccccc1C(=O)N[C@@H]1CCCC[C@H]1NC(=O)[C@H]1CCCN(C(=O)C2CCCC2)C1. The molecule has 1 aliphatic heterocycles. The van der Waals surface area contributed by atoms with Crippen molar-refractivity contribution in [1.29, 1.82) is 0 Å². The van der Waals surface area contributed by atoms with Gasteiger partial charge in [0.15, 0.2) is 0 Å². The molecule has 0 spiro atoms. The van der Waals surface area contributed by atoms with Gasteiger partial charge in [0.1, 0.15) is 0 Å². The minimum absolute atomic E-state index is 0.0379. The fourth-order valence-corrected chi connectivity index (χ4v) is 5.67. The molecule has 3 atom stereocenters. The van der Waals surface area contributed by atoms with Crippen molar-refractivity contribution in [2.24, 2.45) is 11.8 Å². The Balaban J connectivity index is 1.35. The van der Waals surface area contributed by atoms with E-state index < -0.39 is 0 Å². The summed E-state index contributed by atoms with van der Waals surface area (Å²) < 4.78 is 0. The van der Waals surface area contributed by atoms with Gasteiger partial charge in [-0.05, 0) is 57.1 Å². The van der Waals surface area contributed by atoms with Crippen LogP contribution in [0.3, 0.4) is 0 Å². The summed E-state index contributed by atoms with van der Waals surface area (Å²) >= 11 is 0. The zero-order chi connectivity index (χ0) is 22.5. The molecule has 2 saturated carbocycles. The third kappa shape index (κ3) is 5.33. The van der Waals surface area contributed by atoms with Crippen LogP contribution in [0, 0.1) is 18.8 Å². The van der Waals surface area contributed by atoms with Crippen molar-refractivity contribution in [3.8, 4) is 0 Å². The monoisotopic (exact) mass is 439 g/mol. The highest BCUT2D eigenvalue weighted by molar-refractivity contribution is 5.95. The standard InChI is InChI=1S/C26H37N3O3/c1-18-9-2-5-13-21(18)25(31)28-23-15-7-6-14-22(23)27-24(30)20-12-8-16-29(17-20)26(32)19-10-3-4-11-19/h2,5,9,13,19-20,22-23H,3-4,6-8,10-12,14-17H2,1H3,(H,27,30)(H,28,31)/t20-,22+,23+/m0/s1. The summed E-state index contributed by atoms with van der Waals surface area (Å²) in [7, 11) is 0. The minimum atomic E-state index is -0.149. The summed E-state index contributed by atoms with van der Waals surface area (Å²) in [5.74, 6) is 0.234. The molecular weight excluding hydrogens is 402 g/mol. The molecule has 174 valence electrons. The van der Waals surface area contributed by atoms with Crippen LogP contribution in [0.1, 0.15) is 80.1 Å². The Labute approximate surface area is 191 Å². The highest BCUT2D eigenvalue weighted by atomic mass is 16.2. The van der Waals surface area contributed by atoms with Crippen LogP contribution >= 0.6 is 0 Å². The number of likely N-dealkylation sites (tertiary alicyclic amines) is 1. The van der Waals surface area contributed by atoms with Gasteiger partial charge in [-0.3, -0.25) is 14.4 Å². The second-order valence-corrected chi connectivity index (χ2v) is 9.90. The fraction of sp³-hybridized carbons (Fsp3) is 0.654. The lowest BCUT2D eigenvalue weighted by molar-refractivity contribution is -0.139. The molecule has 32 heavy (non-hydrogen) atoms. The first-order valence-electron chi connectivity index (χ1n) is 12.5. The molecule has 3 amide bonds. The molecule has 3 fully saturated rings. The fourth-order valence-electron chi connectivity index (χ4n) is 5.67. The molecule has 1 heterocycles. The van der Waals surface area contributed by atoms with Gasteiger partial charge in [0.05, 0.1) is 5.92 Å². The highest BCUT2D eigenvalue weighted by Gasteiger charge is 2.35. The number of piperidine rings is 1. The number of hydrogen-bond donors (Lipinski definition) is 2. The van der Waals surface area contributed by atoms with Crippen LogP contribution in [0.15, 0.2) is 24.3 Å². The lowest BCUT2D eigenvalue weighted by atomic mass is 9.88. The third-order valence-electron chi connectivity index (χ3n) is 7.61. The number of benzene rings is 1. The molecule has 1 aromatic carbocycles. The first-order valence-corrected chi connectivity index (χ1v) is 12.5. The van der Waals surface area contributed by atoms with Crippen molar-refractivity contribution >= 4 is 17.7 Å². The van der Waals surface area contributed by atoms with Crippen LogP contribution in [0.2, 0.25) is 0 Å². The number of amides is 3. The molecule has 4 rings (SSSR count). The van der Waals surface area contributed by atoms with Gasteiger partial charge in [-0.25, -0.2) is 0 Å². The second-order valence-electron chi connectivity index (χ2n) is 9.90. The smallest absolute Gasteiger partial charge is 0.251 e. The van der Waals surface area contributed by atoms with E-state index >= 15 is 0 Å². The third-order valence-corrected chi connectivity index (χ3v) is 7.61. The summed E-state index contributed by atoms with van der Waals surface area (Å²) in [5.41, 5.74) is 1.65. The molecule has 0 bridgehead atoms. The van der Waals surface area contributed by atoms with Crippen LogP contribution in [0.4, 0.5) is 0 Å². The molecule has 0 aromatic heterocycles. The average molecular weight is 440 g/mol. The van der Waals surface area contributed by atoms with Crippen LogP contribution in [-0.4, -0.2) is 47.8 Å². The quantitative estimate of drug-likeness (QED) is 0.736. The van der Waals surface area contributed by atoms with E-state index in [9.17, 15) is 14.4 Å². The summed E-state index contributed by atoms with van der Waals surface area (Å²) in [6, 6.07) is 7.49. The van der Waals surface area contributed by atoms with Crippen LogP contribution in [0.5, 0.6) is 0 Å². The molecule has 1 aromatic rings. The number of rotatable bonds is 5. The van der Waals surface area contributed by atoms with Crippen molar-refractivity contribution in [1.82, 2.24) is 15.5 Å². The Morgan fingerprint density at radius 3 is 2.16 bits per heavy atom. The molecule has 1 saturated heterocycles. The summed E-state index contributed by atoms with van der Waals surface area (Å²) in [6.07, 6.45) is 9.85. The van der Waals surface area contributed by atoms with E-state index in [0.29, 0.717) is 12.1 Å². The minimum Gasteiger partial charge on any atom is -0.351 e. The van der Waals surface area contributed by atoms with E-state index in [-0.39, 0.29) is 41.6 Å². The van der Waals surface area contributed by atoms with Crippen LogP contribution in [-0.2, 0) is 9.59 Å². The lowest BCUT2D eigenvalue weighted by Crippen LogP contribution is -2.55. The van der Waals surface area contributed by atoms with Crippen molar-refractivity contribution < 1.29 is 14.4 Å². The Morgan fingerprint density at radius 2 is 1.44 bits per heavy atom. The van der Waals surface area contributed by atoms with Crippen molar-refractivity contribution in [3.63, 3.8) is 0 Å². The molecule has 3 aliphatic rings. The summed E-state index contributed by atoms with van der Waals surface area (Å²) in [5, 5.41) is 6.43. The van der Waals surface area contributed by atoms with E-state index in [1.807, 2.05) is 36.1 Å². The van der Waals surface area contributed by atoms with Crippen molar-refractivity contribution in [3.05, 3.63) is 35.4 Å². The number of carbonyl (C=O) groups is 3. The molecule has 0 radical (unpaired) electrons. The zero-order valence-corrected chi connectivity index (χ0v) is 19.3. The first kappa shape index (κ1) is 22.8. The van der Waals surface area contributed by atoms with Gasteiger partial charge >= 0.3 is 0 Å².